The lowest BCUT2D eigenvalue weighted by Crippen LogP contribution is -3.00. The average Bonchev–Trinajstić information content (AvgIpc) is 3.73. The lowest BCUT2D eigenvalue weighted by molar-refractivity contribution is -0.944. The second-order valence-corrected chi connectivity index (χ2v) is 18.9. The molecule has 8 aliphatic rings. The molecule has 6 aliphatic heterocycles. The maximum atomic E-state index is 13.8. The maximum Gasteiger partial charge on any atom is 0.261 e. The number of quaternary nitrogens is 2. The summed E-state index contributed by atoms with van der Waals surface area (Å²) in [6.45, 7) is 8.40. The number of nitrogens with one attached hydrogen (secondary N) is 2. The van der Waals surface area contributed by atoms with Crippen molar-refractivity contribution in [3.05, 3.63) is 150 Å². The molecular formula is C52H58Br2N4O5. The molecule has 2 unspecified atom stereocenters. The maximum absolute atomic E-state index is 13.8. The third kappa shape index (κ3) is 7.97. The Kier molecular flexibility index (Phi) is 12.8. The van der Waals surface area contributed by atoms with Gasteiger partial charge in [0.1, 0.15) is 5.75 Å². The Labute approximate surface area is 392 Å². The molecular weight excluding hydrogens is 920 g/mol. The first kappa shape index (κ1) is 45.2. The Morgan fingerprint density at radius 2 is 0.952 bits per heavy atom. The summed E-state index contributed by atoms with van der Waals surface area (Å²) in [4.78, 5) is 27.1. The van der Waals surface area contributed by atoms with Gasteiger partial charge in [-0.1, -0.05) is 115 Å². The van der Waals surface area contributed by atoms with Crippen LogP contribution >= 0.6 is 0 Å². The molecule has 2 amide bonds. The number of amides is 2. The van der Waals surface area contributed by atoms with Crippen LogP contribution in [0.2, 0.25) is 0 Å². The van der Waals surface area contributed by atoms with Gasteiger partial charge in [0.25, 0.3) is 11.8 Å². The van der Waals surface area contributed by atoms with Gasteiger partial charge in [-0.25, -0.2) is 0 Å². The second-order valence-electron chi connectivity index (χ2n) is 18.9. The fourth-order valence-corrected chi connectivity index (χ4v) is 11.9. The number of hydrogen-bond acceptors (Lipinski definition) is 5. The number of aliphatic hydroxyl groups is 2. The van der Waals surface area contributed by atoms with E-state index in [0.717, 1.165) is 102 Å². The number of carbonyl (C=O) groups is 2. The SMILES string of the molecule is C[N+]12CCC(CC1)C(NC(=O)C1(O)c3ccccc3-c3ccccc31)C2.O=C(NC1C[N+]2(CCCOc3ccccc3)CCC1CC2)C1(O)c2ccccc2-c2ccccc21.[Br-].[Br-]. The average molecular weight is 979 g/mol. The van der Waals surface area contributed by atoms with E-state index in [1.807, 2.05) is 127 Å². The van der Waals surface area contributed by atoms with E-state index < -0.39 is 11.2 Å². The van der Waals surface area contributed by atoms with Crippen molar-refractivity contribution in [1.82, 2.24) is 10.6 Å². The standard InChI is InChI=1S/C30H32N2O3.C22H24N2O2.2BrH/c33-29(30(34)26-13-6-4-11-24(26)25-12-5-7-14-27(25)30)31-28-21-32(18-15-22(28)16-19-32)17-8-20-35-23-9-2-1-3-10-23;1-24-12-10-15(11-13-24)20(14-24)23-21(25)22(26)18-8-4-2-6-16(18)17-7-3-5-9-19(17)22;;/h1-7,9-14,22,28,34H,8,15-21H2;2-9,15,20,26H,10-14H2,1H3;2*1H. The fourth-order valence-electron chi connectivity index (χ4n) is 11.9. The lowest BCUT2D eigenvalue weighted by atomic mass is 9.80. The summed E-state index contributed by atoms with van der Waals surface area (Å²) < 4.78 is 7.99. The third-order valence-corrected chi connectivity index (χ3v) is 15.3. The van der Waals surface area contributed by atoms with Crippen LogP contribution in [0.4, 0.5) is 0 Å². The molecule has 6 saturated heterocycles. The minimum atomic E-state index is -1.65. The van der Waals surface area contributed by atoms with E-state index in [4.69, 9.17) is 4.74 Å². The zero-order chi connectivity index (χ0) is 41.8. The number of halogens is 2. The molecule has 11 heteroatoms. The molecule has 63 heavy (non-hydrogen) atoms. The molecule has 5 aromatic rings. The van der Waals surface area contributed by atoms with E-state index >= 15 is 0 Å². The Morgan fingerprint density at radius 1 is 0.571 bits per heavy atom. The third-order valence-electron chi connectivity index (χ3n) is 15.3. The van der Waals surface area contributed by atoms with Gasteiger partial charge in [0.05, 0.1) is 71.6 Å². The summed E-state index contributed by atoms with van der Waals surface area (Å²) in [7, 11) is 2.28. The van der Waals surface area contributed by atoms with Crippen molar-refractivity contribution >= 4 is 11.8 Å². The lowest BCUT2D eigenvalue weighted by Gasteiger charge is -2.53. The number of fused-ring (bicyclic) bond motifs is 12. The first-order valence-corrected chi connectivity index (χ1v) is 22.4. The van der Waals surface area contributed by atoms with Gasteiger partial charge in [0.2, 0.25) is 0 Å². The molecule has 5 aromatic carbocycles. The molecule has 13 rings (SSSR count). The van der Waals surface area contributed by atoms with Crippen molar-refractivity contribution in [2.24, 2.45) is 11.8 Å². The van der Waals surface area contributed by atoms with Crippen LogP contribution < -0.4 is 49.3 Å². The van der Waals surface area contributed by atoms with Crippen molar-refractivity contribution in [2.45, 2.75) is 55.4 Å². The highest BCUT2D eigenvalue weighted by molar-refractivity contribution is 6.00. The normalized spacial score (nSPS) is 26.8. The topological polar surface area (TPSA) is 108 Å². The van der Waals surface area contributed by atoms with E-state index in [-0.39, 0.29) is 57.9 Å². The highest BCUT2D eigenvalue weighted by Gasteiger charge is 2.53. The van der Waals surface area contributed by atoms with Crippen molar-refractivity contribution < 1.29 is 67.5 Å². The number of hydrogen-bond donors (Lipinski definition) is 4. The van der Waals surface area contributed by atoms with Crippen LogP contribution in [-0.4, -0.2) is 103 Å². The Balaban J connectivity index is 0.000000174. The van der Waals surface area contributed by atoms with Crippen LogP contribution in [0.25, 0.3) is 22.3 Å². The molecule has 0 aromatic heterocycles. The van der Waals surface area contributed by atoms with Gasteiger partial charge in [-0.05, 0) is 46.2 Å². The quantitative estimate of drug-likeness (QED) is 0.126. The summed E-state index contributed by atoms with van der Waals surface area (Å²) in [5.74, 6) is 1.37. The van der Waals surface area contributed by atoms with E-state index in [2.05, 4.69) is 17.7 Å². The fraction of sp³-hybridized carbons (Fsp3) is 0.385. The van der Waals surface area contributed by atoms with Crippen LogP contribution in [0.15, 0.2) is 127 Å². The minimum absolute atomic E-state index is 0. The molecule has 2 atom stereocenters. The monoisotopic (exact) mass is 976 g/mol. The molecule has 4 bridgehead atoms. The first-order chi connectivity index (χ1) is 29.6. The van der Waals surface area contributed by atoms with Gasteiger partial charge in [-0.3, -0.25) is 9.59 Å². The number of carbonyl (C=O) groups excluding carboxylic acids is 2. The van der Waals surface area contributed by atoms with E-state index in [9.17, 15) is 19.8 Å². The van der Waals surface area contributed by atoms with Crippen molar-refractivity contribution in [3.8, 4) is 28.0 Å². The van der Waals surface area contributed by atoms with Gasteiger partial charge in [-0.2, -0.15) is 0 Å². The van der Waals surface area contributed by atoms with Gasteiger partial charge in [0.15, 0.2) is 11.2 Å². The van der Waals surface area contributed by atoms with Crippen LogP contribution in [0.5, 0.6) is 5.75 Å². The van der Waals surface area contributed by atoms with Crippen LogP contribution in [0, 0.1) is 11.8 Å². The summed E-state index contributed by atoms with van der Waals surface area (Å²) in [6.07, 6.45) is 5.55. The molecule has 0 radical (unpaired) electrons. The highest BCUT2D eigenvalue weighted by Crippen LogP contribution is 2.49. The highest BCUT2D eigenvalue weighted by atomic mass is 79.9. The molecule has 9 nitrogen and oxygen atoms in total. The number of piperidine rings is 6. The van der Waals surface area contributed by atoms with Crippen molar-refractivity contribution in [2.75, 3.05) is 59.5 Å². The Bertz CT molecular complexity index is 2360. The van der Waals surface area contributed by atoms with E-state index in [0.29, 0.717) is 40.7 Å². The molecule has 330 valence electrons. The first-order valence-electron chi connectivity index (χ1n) is 22.4. The zero-order valence-corrected chi connectivity index (χ0v) is 39.1. The van der Waals surface area contributed by atoms with Crippen LogP contribution in [-0.2, 0) is 20.8 Å². The predicted molar refractivity (Wildman–Crippen MR) is 236 cm³/mol. The molecule has 6 fully saturated rings. The second kappa shape index (κ2) is 17.9. The number of nitrogens with zero attached hydrogens (tertiary/aromatic N) is 2. The predicted octanol–water partition coefficient (Wildman–Crippen LogP) is 0.363. The van der Waals surface area contributed by atoms with Gasteiger partial charge >= 0.3 is 0 Å². The van der Waals surface area contributed by atoms with Crippen LogP contribution in [0.3, 0.4) is 0 Å². The molecule has 4 N–H and O–H groups in total. The van der Waals surface area contributed by atoms with Crippen LogP contribution in [0.1, 0.15) is 54.4 Å². The summed E-state index contributed by atoms with van der Waals surface area (Å²) in [5, 5.41) is 30.0. The Hall–Kier alpha value is -4.36. The largest absolute Gasteiger partial charge is 1.00 e. The molecule has 2 aliphatic carbocycles. The molecule has 0 saturated carbocycles. The number of benzene rings is 5. The summed E-state index contributed by atoms with van der Waals surface area (Å²) in [5.41, 5.74) is 3.30. The minimum Gasteiger partial charge on any atom is -1.00 e. The van der Waals surface area contributed by atoms with E-state index in [1.165, 1.54) is 13.1 Å². The molecule has 6 heterocycles. The zero-order valence-electron chi connectivity index (χ0n) is 35.9. The van der Waals surface area contributed by atoms with Crippen molar-refractivity contribution in [1.29, 1.82) is 0 Å². The van der Waals surface area contributed by atoms with Gasteiger partial charge in [-0.15, -0.1) is 0 Å². The number of ether oxygens (including phenoxy) is 1. The summed E-state index contributed by atoms with van der Waals surface area (Å²) >= 11 is 0. The number of likely N-dealkylation sites (N-methyl/N-ethyl adjacent to an activating group) is 1. The van der Waals surface area contributed by atoms with Gasteiger partial charge in [0, 0.05) is 54.4 Å². The van der Waals surface area contributed by atoms with E-state index in [1.54, 1.807) is 0 Å². The summed E-state index contributed by atoms with van der Waals surface area (Å²) in [6, 6.07) is 41.1. The molecule has 0 spiro atoms. The number of para-hydroxylation sites is 1. The Morgan fingerprint density at radius 3 is 1.38 bits per heavy atom. The van der Waals surface area contributed by atoms with Gasteiger partial charge < -0.3 is 68.5 Å². The van der Waals surface area contributed by atoms with Crippen molar-refractivity contribution in [3.63, 3.8) is 0 Å². The smallest absolute Gasteiger partial charge is 0.261 e. The number of rotatable bonds is 9.